The van der Waals surface area contributed by atoms with E-state index in [4.69, 9.17) is 16.3 Å². The fourth-order valence-corrected chi connectivity index (χ4v) is 4.59. The molecule has 0 radical (unpaired) electrons. The first kappa shape index (κ1) is 22.2. The smallest absolute Gasteiger partial charge is 0.264 e. The van der Waals surface area contributed by atoms with E-state index in [2.05, 4.69) is 34.8 Å². The van der Waals surface area contributed by atoms with Gasteiger partial charge in [0.2, 0.25) is 0 Å². The molecule has 5 nitrogen and oxygen atoms in total. The van der Waals surface area contributed by atoms with Crippen LogP contribution in [0.2, 0.25) is 5.02 Å². The molecule has 1 saturated heterocycles. The van der Waals surface area contributed by atoms with Crippen LogP contribution in [-0.4, -0.2) is 22.2 Å². The van der Waals surface area contributed by atoms with Gasteiger partial charge in [-0.3, -0.25) is 4.79 Å². The third kappa shape index (κ3) is 4.61. The number of rotatable bonds is 5. The standard InChI is InChI=1S/C25H24ClN3O2S/c1-5-31-21-10-8-20(9-11-21)29-16(3)12-18(17(29)4)13-23-24(30)28-25(32-23)27-19-7-6-15(2)22(26)14-19/h6-14H,5H2,1-4H3,(H,27,28,30)/b23-13-. The lowest BCUT2D eigenvalue weighted by molar-refractivity contribution is -0.115. The Morgan fingerprint density at radius 2 is 1.88 bits per heavy atom. The lowest BCUT2D eigenvalue weighted by Crippen LogP contribution is -2.19. The first-order valence-corrected chi connectivity index (χ1v) is 11.5. The van der Waals surface area contributed by atoms with E-state index < -0.39 is 0 Å². The maximum atomic E-state index is 12.5. The molecule has 0 bridgehead atoms. The molecule has 1 aliphatic rings. The highest BCUT2D eigenvalue weighted by atomic mass is 35.5. The molecule has 32 heavy (non-hydrogen) atoms. The first-order valence-electron chi connectivity index (χ1n) is 10.3. The molecule has 0 aliphatic carbocycles. The lowest BCUT2D eigenvalue weighted by Gasteiger charge is -2.11. The molecule has 2 heterocycles. The van der Waals surface area contributed by atoms with E-state index >= 15 is 0 Å². The summed E-state index contributed by atoms with van der Waals surface area (Å²) in [5.74, 6) is 0.694. The number of hydrogen-bond donors (Lipinski definition) is 1. The molecule has 0 atom stereocenters. The van der Waals surface area contributed by atoms with Crippen molar-refractivity contribution in [2.75, 3.05) is 6.61 Å². The van der Waals surface area contributed by atoms with Crippen LogP contribution in [-0.2, 0) is 4.79 Å². The van der Waals surface area contributed by atoms with Gasteiger partial charge in [-0.15, -0.1) is 0 Å². The van der Waals surface area contributed by atoms with Gasteiger partial charge in [0.15, 0.2) is 5.17 Å². The molecule has 0 saturated carbocycles. The minimum Gasteiger partial charge on any atom is -0.494 e. The summed E-state index contributed by atoms with van der Waals surface area (Å²) in [5.41, 5.74) is 5.89. The molecule has 1 N–H and O–H groups in total. The van der Waals surface area contributed by atoms with Crippen LogP contribution in [0.4, 0.5) is 5.69 Å². The molecule has 1 fully saturated rings. The maximum absolute atomic E-state index is 12.5. The Bertz CT molecular complexity index is 1240. The van der Waals surface area contributed by atoms with Crippen molar-refractivity contribution in [3.8, 4) is 11.4 Å². The van der Waals surface area contributed by atoms with Crippen LogP contribution in [0.5, 0.6) is 5.75 Å². The number of thioether (sulfide) groups is 1. The Labute approximate surface area is 197 Å². The highest BCUT2D eigenvalue weighted by Gasteiger charge is 2.24. The number of hydrogen-bond acceptors (Lipinski definition) is 4. The molecular formula is C25H24ClN3O2S. The normalized spacial score (nSPS) is 16.1. The zero-order valence-corrected chi connectivity index (χ0v) is 20.0. The number of benzene rings is 2. The van der Waals surface area contributed by atoms with Crippen molar-refractivity contribution >= 4 is 46.2 Å². The van der Waals surface area contributed by atoms with Crippen molar-refractivity contribution in [2.45, 2.75) is 27.7 Å². The van der Waals surface area contributed by atoms with Crippen molar-refractivity contribution in [1.82, 2.24) is 9.88 Å². The van der Waals surface area contributed by atoms with Gasteiger partial charge < -0.3 is 14.6 Å². The van der Waals surface area contributed by atoms with Gasteiger partial charge in [-0.05, 0) is 99.1 Å². The van der Waals surface area contributed by atoms with Crippen LogP contribution in [0.1, 0.15) is 29.4 Å². The highest BCUT2D eigenvalue weighted by Crippen LogP contribution is 2.31. The summed E-state index contributed by atoms with van der Waals surface area (Å²) in [5, 5.41) is 4.03. The van der Waals surface area contributed by atoms with Crippen molar-refractivity contribution in [2.24, 2.45) is 4.99 Å². The fraction of sp³-hybridized carbons (Fsp3) is 0.200. The summed E-state index contributed by atoms with van der Waals surface area (Å²) in [6, 6.07) is 15.7. The molecule has 7 heteroatoms. The first-order chi connectivity index (χ1) is 15.4. The quantitative estimate of drug-likeness (QED) is 0.447. The van der Waals surface area contributed by atoms with E-state index in [1.54, 1.807) is 6.07 Å². The number of nitrogens with one attached hydrogen (secondary N) is 1. The lowest BCUT2D eigenvalue weighted by atomic mass is 10.2. The largest absolute Gasteiger partial charge is 0.494 e. The summed E-state index contributed by atoms with van der Waals surface area (Å²) >= 11 is 7.52. The number of halogens is 1. The van der Waals surface area contributed by atoms with Crippen LogP contribution in [0.15, 0.2) is 58.4 Å². The molecule has 1 aliphatic heterocycles. The Morgan fingerprint density at radius 3 is 2.56 bits per heavy atom. The predicted octanol–water partition coefficient (Wildman–Crippen LogP) is 6.35. The number of nitrogens with zero attached hydrogens (tertiary/aromatic N) is 2. The number of ether oxygens (including phenoxy) is 1. The Kier molecular flexibility index (Phi) is 6.44. The predicted molar refractivity (Wildman–Crippen MR) is 133 cm³/mol. The van der Waals surface area contributed by atoms with Crippen LogP contribution in [0, 0.1) is 20.8 Å². The van der Waals surface area contributed by atoms with Gasteiger partial charge in [0.1, 0.15) is 5.75 Å². The number of aryl methyl sites for hydroxylation is 2. The van der Waals surface area contributed by atoms with Crippen molar-refractivity contribution < 1.29 is 9.53 Å². The molecule has 3 aromatic rings. The van der Waals surface area contributed by atoms with E-state index in [-0.39, 0.29) is 5.91 Å². The van der Waals surface area contributed by atoms with E-state index in [1.807, 2.05) is 56.3 Å². The molecule has 2 aromatic carbocycles. The van der Waals surface area contributed by atoms with Gasteiger partial charge in [-0.2, -0.15) is 0 Å². The molecule has 0 unspecified atom stereocenters. The Balaban J connectivity index is 1.60. The van der Waals surface area contributed by atoms with E-state index in [1.165, 1.54) is 11.8 Å². The summed E-state index contributed by atoms with van der Waals surface area (Å²) in [7, 11) is 0. The number of amides is 1. The second-order valence-corrected chi connectivity index (χ2v) is 8.94. The Hall–Kier alpha value is -2.96. The minimum atomic E-state index is -0.155. The average molecular weight is 466 g/mol. The van der Waals surface area contributed by atoms with E-state index in [0.29, 0.717) is 27.4 Å². The van der Waals surface area contributed by atoms with Crippen LogP contribution < -0.4 is 10.1 Å². The van der Waals surface area contributed by atoms with E-state index in [0.717, 1.165) is 34.0 Å². The zero-order valence-electron chi connectivity index (χ0n) is 18.4. The number of aromatic nitrogens is 1. The van der Waals surface area contributed by atoms with Crippen LogP contribution in [0.3, 0.4) is 0 Å². The molecular weight excluding hydrogens is 442 g/mol. The van der Waals surface area contributed by atoms with Crippen molar-refractivity contribution in [3.05, 3.63) is 81.0 Å². The summed E-state index contributed by atoms with van der Waals surface area (Å²) in [4.78, 5) is 17.7. The van der Waals surface area contributed by atoms with Gasteiger partial charge in [0.25, 0.3) is 5.91 Å². The van der Waals surface area contributed by atoms with Crippen molar-refractivity contribution in [3.63, 3.8) is 0 Å². The fourth-order valence-electron chi connectivity index (χ4n) is 3.58. The van der Waals surface area contributed by atoms with Gasteiger partial charge >= 0.3 is 0 Å². The van der Waals surface area contributed by atoms with Crippen molar-refractivity contribution in [1.29, 1.82) is 0 Å². The van der Waals surface area contributed by atoms with Gasteiger partial charge in [-0.1, -0.05) is 17.7 Å². The monoisotopic (exact) mass is 465 g/mol. The maximum Gasteiger partial charge on any atom is 0.264 e. The second kappa shape index (κ2) is 9.27. The van der Waals surface area contributed by atoms with Gasteiger partial charge in [0, 0.05) is 22.1 Å². The Morgan fingerprint density at radius 1 is 1.12 bits per heavy atom. The van der Waals surface area contributed by atoms with Crippen LogP contribution >= 0.6 is 23.4 Å². The van der Waals surface area contributed by atoms with Gasteiger partial charge in [0.05, 0.1) is 17.2 Å². The second-order valence-electron chi connectivity index (χ2n) is 7.50. The third-order valence-electron chi connectivity index (χ3n) is 5.20. The number of aliphatic imine (C=N–C) groups is 1. The number of amidine groups is 1. The third-order valence-corrected chi connectivity index (χ3v) is 6.52. The number of carbonyl (C=O) groups excluding carboxylic acids is 1. The topological polar surface area (TPSA) is 55.6 Å². The SMILES string of the molecule is CCOc1ccc(-n2c(C)cc(/C=C3\SC(=Nc4ccc(C)c(Cl)c4)NC3=O)c2C)cc1. The molecule has 4 rings (SSSR count). The summed E-state index contributed by atoms with van der Waals surface area (Å²) in [6.07, 6.45) is 1.91. The molecule has 1 amide bonds. The zero-order chi connectivity index (χ0) is 22.8. The molecule has 1 aromatic heterocycles. The van der Waals surface area contributed by atoms with Gasteiger partial charge in [-0.25, -0.2) is 4.99 Å². The molecule has 0 spiro atoms. The highest BCUT2D eigenvalue weighted by molar-refractivity contribution is 8.18. The summed E-state index contributed by atoms with van der Waals surface area (Å²) in [6.45, 7) is 8.66. The number of carbonyl (C=O) groups is 1. The summed E-state index contributed by atoms with van der Waals surface area (Å²) < 4.78 is 7.71. The minimum absolute atomic E-state index is 0.155. The van der Waals surface area contributed by atoms with E-state index in [9.17, 15) is 4.79 Å². The molecule has 164 valence electrons. The average Bonchev–Trinajstić information content (AvgIpc) is 3.24. The van der Waals surface area contributed by atoms with Crippen LogP contribution in [0.25, 0.3) is 11.8 Å².